The third-order valence-electron chi connectivity index (χ3n) is 4.31. The van der Waals surface area contributed by atoms with Crippen LogP contribution in [0.25, 0.3) is 0 Å². The van der Waals surface area contributed by atoms with Gasteiger partial charge in [0.05, 0.1) is 11.3 Å². The molecule has 1 fully saturated rings. The third kappa shape index (κ3) is 4.54. The van der Waals surface area contributed by atoms with Crippen LogP contribution in [0.15, 0.2) is 42.7 Å². The Morgan fingerprint density at radius 1 is 1.04 bits per heavy atom. The van der Waals surface area contributed by atoms with Crippen LogP contribution in [0.1, 0.15) is 48.9 Å². The van der Waals surface area contributed by atoms with E-state index in [4.69, 9.17) is 0 Å². The Bertz CT molecular complexity index is 697. The zero-order valence-electron chi connectivity index (χ0n) is 13.6. The van der Waals surface area contributed by atoms with Gasteiger partial charge in [0.15, 0.2) is 0 Å². The molecule has 1 aliphatic carbocycles. The monoisotopic (exact) mass is 327 g/mol. The number of nitrogens with zero attached hydrogens (tertiary/aromatic N) is 1. The zero-order chi connectivity index (χ0) is 16.8. The fourth-order valence-electron chi connectivity index (χ4n) is 3.07. The second-order valence-electron chi connectivity index (χ2n) is 6.26. The number of nitrogens with one attached hydrogen (secondary N) is 2. The highest BCUT2D eigenvalue weighted by Crippen LogP contribution is 2.21. The summed E-state index contributed by atoms with van der Waals surface area (Å²) < 4.78 is 13.2. The van der Waals surface area contributed by atoms with Gasteiger partial charge in [0, 0.05) is 24.1 Å². The molecule has 1 aromatic heterocycles. The number of anilines is 2. The number of aromatic nitrogens is 1. The Hall–Kier alpha value is -2.43. The average Bonchev–Trinajstić information content (AvgIpc) is 2.84. The topological polar surface area (TPSA) is 54.0 Å². The van der Waals surface area contributed by atoms with Crippen LogP contribution in [0.3, 0.4) is 0 Å². The Balaban J connectivity index is 1.66. The molecule has 1 aromatic carbocycles. The summed E-state index contributed by atoms with van der Waals surface area (Å²) in [5.41, 5.74) is 1.74. The molecule has 1 amide bonds. The van der Waals surface area contributed by atoms with E-state index in [-0.39, 0.29) is 11.7 Å². The number of rotatable bonds is 4. The lowest BCUT2D eigenvalue weighted by Gasteiger charge is -2.17. The van der Waals surface area contributed by atoms with Gasteiger partial charge in [-0.25, -0.2) is 4.39 Å². The van der Waals surface area contributed by atoms with E-state index < -0.39 is 0 Å². The van der Waals surface area contributed by atoms with E-state index in [1.54, 1.807) is 24.4 Å². The zero-order valence-corrected chi connectivity index (χ0v) is 13.6. The van der Waals surface area contributed by atoms with Crippen molar-refractivity contribution in [3.63, 3.8) is 0 Å². The quantitative estimate of drug-likeness (QED) is 0.806. The maximum Gasteiger partial charge on any atom is 0.257 e. The summed E-state index contributed by atoms with van der Waals surface area (Å²) in [6.07, 6.45) is 10.6. The summed E-state index contributed by atoms with van der Waals surface area (Å²) >= 11 is 0. The molecule has 2 N–H and O–H groups in total. The van der Waals surface area contributed by atoms with Crippen molar-refractivity contribution in [3.8, 4) is 0 Å². The molecule has 0 radical (unpaired) electrons. The van der Waals surface area contributed by atoms with Crippen LogP contribution in [0.5, 0.6) is 0 Å². The minimum atomic E-state index is -0.380. The highest BCUT2D eigenvalue weighted by Gasteiger charge is 2.13. The summed E-state index contributed by atoms with van der Waals surface area (Å²) in [4.78, 5) is 16.5. The maximum absolute atomic E-state index is 13.2. The molecule has 0 spiro atoms. The van der Waals surface area contributed by atoms with E-state index in [0.29, 0.717) is 17.3 Å². The van der Waals surface area contributed by atoms with E-state index in [0.717, 1.165) is 18.5 Å². The molecule has 0 aliphatic heterocycles. The lowest BCUT2D eigenvalue weighted by molar-refractivity contribution is 0.102. The molecule has 0 bridgehead atoms. The minimum Gasteiger partial charge on any atom is -0.381 e. The molecule has 1 aliphatic rings. The largest absolute Gasteiger partial charge is 0.381 e. The van der Waals surface area contributed by atoms with Gasteiger partial charge in [0.1, 0.15) is 5.82 Å². The van der Waals surface area contributed by atoms with Gasteiger partial charge in [-0.1, -0.05) is 31.7 Å². The first kappa shape index (κ1) is 16.4. The van der Waals surface area contributed by atoms with E-state index in [1.807, 2.05) is 0 Å². The van der Waals surface area contributed by atoms with E-state index in [2.05, 4.69) is 15.6 Å². The number of hydrogen-bond donors (Lipinski definition) is 2. The van der Waals surface area contributed by atoms with Crippen LogP contribution in [-0.4, -0.2) is 16.9 Å². The first-order chi connectivity index (χ1) is 11.7. The molecule has 1 saturated carbocycles. The molecule has 2 aromatic rings. The van der Waals surface area contributed by atoms with Crippen LogP contribution >= 0.6 is 0 Å². The van der Waals surface area contributed by atoms with Gasteiger partial charge in [-0.2, -0.15) is 0 Å². The molecule has 1 heterocycles. The summed E-state index contributed by atoms with van der Waals surface area (Å²) in [7, 11) is 0. The SMILES string of the molecule is O=C(Nc1cccc(F)c1)c1cncc(NC2CCCCCC2)c1. The Morgan fingerprint density at radius 2 is 1.83 bits per heavy atom. The number of amides is 1. The number of carbonyl (C=O) groups is 1. The number of benzene rings is 1. The molecule has 126 valence electrons. The molecule has 5 heteroatoms. The van der Waals surface area contributed by atoms with Crippen LogP contribution in [-0.2, 0) is 0 Å². The molecule has 0 atom stereocenters. The van der Waals surface area contributed by atoms with Crippen LogP contribution in [0, 0.1) is 5.82 Å². The van der Waals surface area contributed by atoms with Crippen molar-refractivity contribution in [1.82, 2.24) is 4.98 Å². The van der Waals surface area contributed by atoms with Crippen molar-refractivity contribution < 1.29 is 9.18 Å². The van der Waals surface area contributed by atoms with Gasteiger partial charge in [-0.05, 0) is 37.1 Å². The molecule has 4 nitrogen and oxygen atoms in total. The lowest BCUT2D eigenvalue weighted by Crippen LogP contribution is -2.19. The molecule has 0 unspecified atom stereocenters. The van der Waals surface area contributed by atoms with Gasteiger partial charge in [0.25, 0.3) is 5.91 Å². The summed E-state index contributed by atoms with van der Waals surface area (Å²) in [5.74, 6) is -0.674. The molecular weight excluding hydrogens is 305 g/mol. The van der Waals surface area contributed by atoms with Crippen molar-refractivity contribution in [2.45, 2.75) is 44.6 Å². The summed E-state index contributed by atoms with van der Waals surface area (Å²) in [6, 6.07) is 8.09. The van der Waals surface area contributed by atoms with E-state index in [9.17, 15) is 9.18 Å². The first-order valence-electron chi connectivity index (χ1n) is 8.49. The van der Waals surface area contributed by atoms with Gasteiger partial charge in [0.2, 0.25) is 0 Å². The number of hydrogen-bond acceptors (Lipinski definition) is 3. The van der Waals surface area contributed by atoms with E-state index >= 15 is 0 Å². The second kappa shape index (κ2) is 7.90. The van der Waals surface area contributed by atoms with Gasteiger partial charge >= 0.3 is 0 Å². The maximum atomic E-state index is 13.2. The van der Waals surface area contributed by atoms with Crippen LogP contribution in [0.4, 0.5) is 15.8 Å². The van der Waals surface area contributed by atoms with Gasteiger partial charge < -0.3 is 10.6 Å². The average molecular weight is 327 g/mol. The Morgan fingerprint density at radius 3 is 2.58 bits per heavy atom. The van der Waals surface area contributed by atoms with Gasteiger partial charge in [-0.15, -0.1) is 0 Å². The minimum absolute atomic E-state index is 0.294. The first-order valence-corrected chi connectivity index (χ1v) is 8.49. The van der Waals surface area contributed by atoms with E-state index in [1.165, 1.54) is 44.0 Å². The smallest absolute Gasteiger partial charge is 0.257 e. The van der Waals surface area contributed by atoms with Crippen LogP contribution in [0.2, 0.25) is 0 Å². The predicted octanol–water partition coefficient (Wildman–Crippen LogP) is 4.61. The predicted molar refractivity (Wildman–Crippen MR) is 93.7 cm³/mol. The van der Waals surface area contributed by atoms with Crippen molar-refractivity contribution in [1.29, 1.82) is 0 Å². The molecule has 24 heavy (non-hydrogen) atoms. The van der Waals surface area contributed by atoms with Crippen molar-refractivity contribution in [2.75, 3.05) is 10.6 Å². The van der Waals surface area contributed by atoms with Crippen LogP contribution < -0.4 is 10.6 Å². The highest BCUT2D eigenvalue weighted by atomic mass is 19.1. The fourth-order valence-corrected chi connectivity index (χ4v) is 3.07. The van der Waals surface area contributed by atoms with Crippen molar-refractivity contribution in [2.24, 2.45) is 0 Å². The van der Waals surface area contributed by atoms with Crippen molar-refractivity contribution in [3.05, 3.63) is 54.1 Å². The second-order valence-corrected chi connectivity index (χ2v) is 6.26. The Labute approximate surface area is 141 Å². The lowest BCUT2D eigenvalue weighted by atomic mass is 10.1. The molecular formula is C19H22FN3O. The standard InChI is InChI=1S/C19H22FN3O/c20-15-6-5-9-17(11-15)23-19(24)14-10-18(13-21-12-14)22-16-7-3-1-2-4-8-16/h5-6,9-13,16,22H,1-4,7-8H2,(H,23,24). The normalized spacial score (nSPS) is 15.5. The molecule has 3 rings (SSSR count). The highest BCUT2D eigenvalue weighted by molar-refractivity contribution is 6.04. The number of pyridine rings is 1. The summed E-state index contributed by atoms with van der Waals surface area (Å²) in [6.45, 7) is 0. The number of carbonyl (C=O) groups excluding carboxylic acids is 1. The fraction of sp³-hybridized carbons (Fsp3) is 0.368. The van der Waals surface area contributed by atoms with Gasteiger partial charge in [-0.3, -0.25) is 9.78 Å². The third-order valence-corrected chi connectivity index (χ3v) is 4.31. The summed E-state index contributed by atoms with van der Waals surface area (Å²) in [5, 5.41) is 6.18. The Kier molecular flexibility index (Phi) is 5.41. The number of halogens is 1. The molecule has 0 saturated heterocycles. The van der Waals surface area contributed by atoms with Crippen molar-refractivity contribution >= 4 is 17.3 Å².